The number of ketones is 1. The second kappa shape index (κ2) is 11.2. The number of rotatable bonds is 9. The Bertz CT molecular complexity index is 1850. The highest BCUT2D eigenvalue weighted by atomic mass is 32.2. The largest absolute Gasteiger partial charge is 0.461 e. The minimum Gasteiger partial charge on any atom is -0.461 e. The van der Waals surface area contributed by atoms with E-state index in [1.165, 1.54) is 0 Å². The third kappa shape index (κ3) is 5.18. The van der Waals surface area contributed by atoms with Crippen molar-refractivity contribution in [2.75, 3.05) is 17.6 Å². The molecule has 0 aromatic heterocycles. The van der Waals surface area contributed by atoms with Crippen LogP contribution < -0.4 is 4.72 Å². The molecule has 10 nitrogen and oxygen atoms in total. The molecule has 2 aromatic carbocycles. The first-order valence-electron chi connectivity index (χ1n) is 16.2. The molecule has 2 N–H and O–H groups in total. The van der Waals surface area contributed by atoms with E-state index in [2.05, 4.69) is 18.2 Å². The lowest BCUT2D eigenvalue weighted by molar-refractivity contribution is -0.421. The van der Waals surface area contributed by atoms with E-state index in [-0.39, 0.29) is 31.1 Å². The van der Waals surface area contributed by atoms with Gasteiger partial charge in [0.05, 0.1) is 24.7 Å². The van der Waals surface area contributed by atoms with Gasteiger partial charge in [0.1, 0.15) is 23.9 Å². The Labute approximate surface area is 280 Å². The van der Waals surface area contributed by atoms with Crippen LogP contribution in [-0.2, 0) is 51.4 Å². The van der Waals surface area contributed by atoms with Crippen LogP contribution >= 0.6 is 0 Å². The number of fused-ring (bicyclic) bond motifs is 2. The van der Waals surface area contributed by atoms with Crippen molar-refractivity contribution in [2.24, 2.45) is 17.8 Å². The minimum absolute atomic E-state index is 0.0306. The first-order valence-corrected chi connectivity index (χ1v) is 18.1. The number of hydrogen-bond donors (Lipinski definition) is 2. The standard InChI is InChI=1S/C37H41NO9S/c1-22(2)35-18-24(4)37-29(33(35)45-36(46-35,47-37)20-26-9-7-6-8-10-26)16-27(19-34(41)30(37)15-23(3)32(34)40)21-44-31(39)17-25-11-13-28(14-12-25)38-48(5,42)43/h6-16,24,29-30,33,38,41H,1,17-21H2,2-5H3/t24-,29+,30-,33-,34-,35+,36?,37-/m1/s1. The average molecular weight is 676 g/mol. The average Bonchev–Trinajstić information content (AvgIpc) is 3.32. The molecule has 2 saturated heterocycles. The second-order valence-corrected chi connectivity index (χ2v) is 16.0. The van der Waals surface area contributed by atoms with Gasteiger partial charge in [0.2, 0.25) is 10.0 Å². The van der Waals surface area contributed by atoms with Gasteiger partial charge >= 0.3 is 5.97 Å². The Morgan fingerprint density at radius 3 is 2.46 bits per heavy atom. The van der Waals surface area contributed by atoms with Crippen molar-refractivity contribution in [1.82, 2.24) is 0 Å². The zero-order valence-electron chi connectivity index (χ0n) is 27.5. The predicted molar refractivity (Wildman–Crippen MR) is 177 cm³/mol. The van der Waals surface area contributed by atoms with E-state index in [9.17, 15) is 23.1 Å². The van der Waals surface area contributed by atoms with Gasteiger partial charge < -0.3 is 24.1 Å². The molecule has 0 amide bonds. The van der Waals surface area contributed by atoms with Crippen LogP contribution in [0.4, 0.5) is 5.69 Å². The first-order chi connectivity index (χ1) is 22.6. The topological polar surface area (TPSA) is 137 Å². The molecule has 1 unspecified atom stereocenters. The summed E-state index contributed by atoms with van der Waals surface area (Å²) >= 11 is 0. The van der Waals surface area contributed by atoms with E-state index in [0.29, 0.717) is 35.2 Å². The summed E-state index contributed by atoms with van der Waals surface area (Å²) in [6.07, 6.45) is 5.13. The van der Waals surface area contributed by atoms with Gasteiger partial charge in [-0.05, 0) is 66.2 Å². The monoisotopic (exact) mass is 675 g/mol. The summed E-state index contributed by atoms with van der Waals surface area (Å²) in [5.74, 6) is -3.68. The van der Waals surface area contributed by atoms with Crippen LogP contribution in [0.5, 0.6) is 0 Å². The highest BCUT2D eigenvalue weighted by molar-refractivity contribution is 7.92. The molecule has 3 bridgehead atoms. The Balaban J connectivity index is 1.22. The zero-order valence-corrected chi connectivity index (χ0v) is 28.3. The normalized spacial score (nSPS) is 36.4. The zero-order chi connectivity index (χ0) is 34.3. The molecule has 2 heterocycles. The van der Waals surface area contributed by atoms with Crippen molar-refractivity contribution in [3.05, 3.63) is 101 Å². The summed E-state index contributed by atoms with van der Waals surface area (Å²) in [5.41, 5.74) is 0.0820. The number of aliphatic hydroxyl groups is 1. The molecule has 7 rings (SSSR count). The molecule has 48 heavy (non-hydrogen) atoms. The summed E-state index contributed by atoms with van der Waals surface area (Å²) in [6.45, 7) is 9.94. The molecule has 1 saturated carbocycles. The van der Waals surface area contributed by atoms with Gasteiger partial charge in [-0.1, -0.05) is 68.1 Å². The Morgan fingerprint density at radius 1 is 1.08 bits per heavy atom. The molecular formula is C37H41NO9S. The summed E-state index contributed by atoms with van der Waals surface area (Å²) in [7, 11) is -3.43. The summed E-state index contributed by atoms with van der Waals surface area (Å²) in [5, 5.41) is 12.4. The van der Waals surface area contributed by atoms with Crippen molar-refractivity contribution in [2.45, 2.75) is 75.3 Å². The highest BCUT2D eigenvalue weighted by Crippen LogP contribution is 2.68. The van der Waals surface area contributed by atoms with E-state index >= 15 is 0 Å². The fourth-order valence-electron chi connectivity index (χ4n) is 8.78. The van der Waals surface area contributed by atoms with E-state index in [4.69, 9.17) is 18.9 Å². The Morgan fingerprint density at radius 2 is 1.79 bits per heavy atom. The molecule has 0 radical (unpaired) electrons. The smallest absolute Gasteiger partial charge is 0.310 e. The van der Waals surface area contributed by atoms with E-state index < -0.39 is 56.7 Å². The third-order valence-corrected chi connectivity index (χ3v) is 11.4. The fraction of sp³-hybridized carbons (Fsp3) is 0.459. The van der Waals surface area contributed by atoms with Gasteiger partial charge in [0.25, 0.3) is 5.97 Å². The summed E-state index contributed by atoms with van der Waals surface area (Å²) < 4.78 is 52.0. The maximum Gasteiger partial charge on any atom is 0.310 e. The van der Waals surface area contributed by atoms with Crippen molar-refractivity contribution in [3.63, 3.8) is 0 Å². The number of ether oxygens (including phenoxy) is 4. The number of sulfonamides is 1. The molecular weight excluding hydrogens is 634 g/mol. The van der Waals surface area contributed by atoms with Crippen molar-refractivity contribution in [3.8, 4) is 0 Å². The van der Waals surface area contributed by atoms with Gasteiger partial charge in [0.15, 0.2) is 5.78 Å². The van der Waals surface area contributed by atoms with Crippen LogP contribution in [0.25, 0.3) is 0 Å². The highest BCUT2D eigenvalue weighted by Gasteiger charge is 2.79. The fourth-order valence-corrected chi connectivity index (χ4v) is 9.35. The lowest BCUT2D eigenvalue weighted by atomic mass is 9.55. The van der Waals surface area contributed by atoms with Crippen LogP contribution in [0.3, 0.4) is 0 Å². The SMILES string of the molecule is C=C(C)[C@@]12C[C@@H](C)[C@@]34OC(Cc5ccccc5)(O[C@@H]1[C@@H]3C=C(COC(=O)Cc1ccc(NS(C)(=O)=O)cc1)C[C@]1(O)C(=O)C(C)=C[C@@H]41)O2. The summed E-state index contributed by atoms with van der Waals surface area (Å²) in [6, 6.07) is 16.3. The van der Waals surface area contributed by atoms with Crippen LogP contribution in [0.2, 0.25) is 0 Å². The molecule has 2 aliphatic heterocycles. The lowest BCUT2D eigenvalue weighted by Gasteiger charge is -2.59. The molecule has 5 aliphatic rings. The molecule has 3 fully saturated rings. The van der Waals surface area contributed by atoms with Gasteiger partial charge in [0, 0.05) is 23.9 Å². The predicted octanol–water partition coefficient (Wildman–Crippen LogP) is 4.40. The van der Waals surface area contributed by atoms with Crippen molar-refractivity contribution in [1.29, 1.82) is 0 Å². The minimum atomic E-state index is -3.43. The van der Waals surface area contributed by atoms with Gasteiger partial charge in [-0.25, -0.2) is 8.42 Å². The van der Waals surface area contributed by atoms with Gasteiger partial charge in [-0.2, -0.15) is 0 Å². The number of esters is 1. The van der Waals surface area contributed by atoms with Crippen LogP contribution in [0.1, 0.15) is 44.7 Å². The second-order valence-electron chi connectivity index (χ2n) is 14.2. The van der Waals surface area contributed by atoms with Gasteiger partial charge in [-0.15, -0.1) is 0 Å². The summed E-state index contributed by atoms with van der Waals surface area (Å²) in [4.78, 5) is 26.8. The molecule has 0 spiro atoms. The quantitative estimate of drug-likeness (QED) is 0.293. The molecule has 11 heteroatoms. The number of hydrogen-bond acceptors (Lipinski definition) is 9. The molecule has 2 aromatic rings. The number of nitrogens with one attached hydrogen (secondary N) is 1. The number of carbonyl (C=O) groups is 2. The number of Topliss-reactive ketones (excluding diaryl/α,β-unsaturated/α-hetero) is 1. The maximum atomic E-state index is 13.8. The van der Waals surface area contributed by atoms with E-state index in [1.807, 2.05) is 49.4 Å². The number of anilines is 1. The third-order valence-electron chi connectivity index (χ3n) is 10.8. The Hall–Kier alpha value is -3.61. The van der Waals surface area contributed by atoms with Crippen molar-refractivity contribution >= 4 is 27.5 Å². The van der Waals surface area contributed by atoms with Crippen molar-refractivity contribution < 1.29 is 42.1 Å². The molecule has 254 valence electrons. The maximum absolute atomic E-state index is 13.8. The van der Waals surface area contributed by atoms with Gasteiger partial charge in [-0.3, -0.25) is 14.3 Å². The molecule has 3 aliphatic carbocycles. The van der Waals surface area contributed by atoms with Crippen LogP contribution in [-0.4, -0.2) is 67.0 Å². The lowest BCUT2D eigenvalue weighted by Crippen LogP contribution is -2.70. The van der Waals surface area contributed by atoms with E-state index in [0.717, 1.165) is 17.4 Å². The first kappa shape index (κ1) is 32.9. The Kier molecular flexibility index (Phi) is 7.69. The number of carbonyl (C=O) groups excluding carboxylic acids is 2. The molecule has 8 atom stereocenters. The van der Waals surface area contributed by atoms with E-state index in [1.54, 1.807) is 31.2 Å². The van der Waals surface area contributed by atoms with Crippen LogP contribution in [0.15, 0.2) is 90.0 Å². The number of benzene rings is 2. The van der Waals surface area contributed by atoms with Crippen LogP contribution in [0, 0.1) is 17.8 Å².